The Kier molecular flexibility index (Phi) is 4.72. The fourth-order valence-electron chi connectivity index (χ4n) is 3.13. The van der Waals surface area contributed by atoms with Crippen molar-refractivity contribution < 1.29 is 4.79 Å². The van der Waals surface area contributed by atoms with Crippen LogP contribution in [0.4, 0.5) is 0 Å². The van der Waals surface area contributed by atoms with Gasteiger partial charge in [0, 0.05) is 36.8 Å². The molecule has 1 aliphatic heterocycles. The number of carbonyl (C=O) groups is 1. The van der Waals surface area contributed by atoms with E-state index in [9.17, 15) is 4.79 Å². The predicted octanol–water partition coefficient (Wildman–Crippen LogP) is 2.80. The van der Waals surface area contributed by atoms with Gasteiger partial charge in [-0.05, 0) is 50.7 Å². The number of hydrogen-bond donors (Lipinski definition) is 0. The van der Waals surface area contributed by atoms with Gasteiger partial charge in [-0.3, -0.25) is 9.78 Å². The van der Waals surface area contributed by atoms with Crippen molar-refractivity contribution in [3.05, 3.63) is 48.2 Å². The summed E-state index contributed by atoms with van der Waals surface area (Å²) in [5, 5.41) is 1.07. The number of amides is 1. The minimum atomic E-state index is 0.100. The standard InChI is InChI=1S/C19H23N3O/c1-21(2)16-10-13-22(14-11-16)19(23)8-7-15-9-12-20-18-6-4-3-5-17(15)18/h3-9,12,16H,10-11,13-14H2,1-2H3/b8-7+. The van der Waals surface area contributed by atoms with E-state index < -0.39 is 0 Å². The first-order valence-corrected chi connectivity index (χ1v) is 8.12. The molecule has 1 aromatic carbocycles. The molecule has 0 radical (unpaired) electrons. The zero-order chi connectivity index (χ0) is 16.2. The van der Waals surface area contributed by atoms with E-state index in [1.165, 1.54) is 0 Å². The molecule has 2 aromatic rings. The van der Waals surface area contributed by atoms with Gasteiger partial charge in [-0.1, -0.05) is 18.2 Å². The number of hydrogen-bond acceptors (Lipinski definition) is 3. The molecule has 1 aromatic heterocycles. The summed E-state index contributed by atoms with van der Waals surface area (Å²) >= 11 is 0. The van der Waals surface area contributed by atoms with E-state index in [1.54, 1.807) is 12.3 Å². The molecule has 0 aliphatic carbocycles. The van der Waals surface area contributed by atoms with E-state index in [4.69, 9.17) is 0 Å². The van der Waals surface area contributed by atoms with Gasteiger partial charge in [0.25, 0.3) is 0 Å². The first-order chi connectivity index (χ1) is 11.1. The highest BCUT2D eigenvalue weighted by atomic mass is 16.2. The Morgan fingerprint density at radius 2 is 1.96 bits per heavy atom. The van der Waals surface area contributed by atoms with Crippen molar-refractivity contribution >= 4 is 22.9 Å². The lowest BCUT2D eigenvalue weighted by Gasteiger charge is -2.34. The Hall–Kier alpha value is -2.20. The highest BCUT2D eigenvalue weighted by molar-refractivity contribution is 5.95. The van der Waals surface area contributed by atoms with Crippen molar-refractivity contribution in [1.82, 2.24) is 14.8 Å². The van der Waals surface area contributed by atoms with Gasteiger partial charge in [-0.2, -0.15) is 0 Å². The first-order valence-electron chi connectivity index (χ1n) is 8.12. The van der Waals surface area contributed by atoms with Crippen LogP contribution in [0.3, 0.4) is 0 Å². The van der Waals surface area contributed by atoms with Crippen LogP contribution in [0.15, 0.2) is 42.6 Å². The largest absolute Gasteiger partial charge is 0.339 e. The lowest BCUT2D eigenvalue weighted by atomic mass is 10.0. The molecule has 4 nitrogen and oxygen atoms in total. The molecule has 1 saturated heterocycles. The van der Waals surface area contributed by atoms with Crippen LogP contribution in [0, 0.1) is 0 Å². The monoisotopic (exact) mass is 309 g/mol. The molecule has 23 heavy (non-hydrogen) atoms. The topological polar surface area (TPSA) is 36.4 Å². The van der Waals surface area contributed by atoms with E-state index in [-0.39, 0.29) is 5.91 Å². The molecule has 4 heteroatoms. The average Bonchev–Trinajstić information content (AvgIpc) is 2.59. The maximum Gasteiger partial charge on any atom is 0.246 e. The number of nitrogens with zero attached hydrogens (tertiary/aromatic N) is 3. The number of likely N-dealkylation sites (tertiary alicyclic amines) is 1. The summed E-state index contributed by atoms with van der Waals surface area (Å²) in [7, 11) is 4.22. The van der Waals surface area contributed by atoms with Crippen LogP contribution in [-0.2, 0) is 4.79 Å². The summed E-state index contributed by atoms with van der Waals surface area (Å²) in [5.41, 5.74) is 1.99. The van der Waals surface area contributed by atoms with Crippen molar-refractivity contribution in [2.75, 3.05) is 27.2 Å². The molecule has 2 heterocycles. The summed E-state index contributed by atoms with van der Waals surface area (Å²) < 4.78 is 0. The zero-order valence-electron chi connectivity index (χ0n) is 13.8. The number of benzene rings is 1. The van der Waals surface area contributed by atoms with E-state index in [0.717, 1.165) is 42.4 Å². The molecule has 3 rings (SSSR count). The van der Waals surface area contributed by atoms with Gasteiger partial charge >= 0.3 is 0 Å². The number of piperidine rings is 1. The number of pyridine rings is 1. The molecule has 0 bridgehead atoms. The smallest absolute Gasteiger partial charge is 0.246 e. The van der Waals surface area contributed by atoms with Gasteiger partial charge in [0.2, 0.25) is 5.91 Å². The first kappa shape index (κ1) is 15.7. The number of aromatic nitrogens is 1. The summed E-state index contributed by atoms with van der Waals surface area (Å²) in [6.07, 6.45) is 7.48. The average molecular weight is 309 g/mol. The molecule has 0 atom stereocenters. The molecular weight excluding hydrogens is 286 g/mol. The van der Waals surface area contributed by atoms with Crippen LogP contribution < -0.4 is 0 Å². The molecule has 0 N–H and O–H groups in total. The quantitative estimate of drug-likeness (QED) is 0.818. The maximum absolute atomic E-state index is 12.4. The fraction of sp³-hybridized carbons (Fsp3) is 0.368. The normalized spacial score (nSPS) is 16.6. The minimum Gasteiger partial charge on any atom is -0.339 e. The van der Waals surface area contributed by atoms with Crippen molar-refractivity contribution in [3.8, 4) is 0 Å². The van der Waals surface area contributed by atoms with Crippen LogP contribution in [0.25, 0.3) is 17.0 Å². The van der Waals surface area contributed by atoms with E-state index in [1.807, 2.05) is 41.3 Å². The second-order valence-electron chi connectivity index (χ2n) is 6.27. The highest BCUT2D eigenvalue weighted by Crippen LogP contribution is 2.18. The summed E-state index contributed by atoms with van der Waals surface area (Å²) in [4.78, 5) is 20.9. The zero-order valence-corrected chi connectivity index (χ0v) is 13.8. The third-order valence-corrected chi connectivity index (χ3v) is 4.59. The van der Waals surface area contributed by atoms with Crippen LogP contribution >= 0.6 is 0 Å². The Morgan fingerprint density at radius 3 is 2.70 bits per heavy atom. The van der Waals surface area contributed by atoms with E-state index in [0.29, 0.717) is 6.04 Å². The number of rotatable bonds is 3. The lowest BCUT2D eigenvalue weighted by molar-refractivity contribution is -0.127. The minimum absolute atomic E-state index is 0.100. The molecular formula is C19H23N3O. The Morgan fingerprint density at radius 1 is 1.22 bits per heavy atom. The van der Waals surface area contributed by atoms with Crippen LogP contribution in [0.2, 0.25) is 0 Å². The highest BCUT2D eigenvalue weighted by Gasteiger charge is 2.22. The maximum atomic E-state index is 12.4. The summed E-state index contributed by atoms with van der Waals surface area (Å²) in [6.45, 7) is 1.67. The third kappa shape index (κ3) is 3.59. The van der Waals surface area contributed by atoms with Gasteiger partial charge in [-0.15, -0.1) is 0 Å². The molecule has 1 amide bonds. The van der Waals surface area contributed by atoms with Crippen LogP contribution in [-0.4, -0.2) is 53.9 Å². The predicted molar refractivity (Wildman–Crippen MR) is 94.1 cm³/mol. The Labute approximate surface area is 137 Å². The molecule has 1 aliphatic rings. The van der Waals surface area contributed by atoms with Crippen molar-refractivity contribution in [3.63, 3.8) is 0 Å². The second kappa shape index (κ2) is 6.92. The second-order valence-corrected chi connectivity index (χ2v) is 6.27. The Bertz CT molecular complexity index is 710. The number of carbonyl (C=O) groups excluding carboxylic acids is 1. The summed E-state index contributed by atoms with van der Waals surface area (Å²) in [5.74, 6) is 0.100. The van der Waals surface area contributed by atoms with E-state index >= 15 is 0 Å². The van der Waals surface area contributed by atoms with Gasteiger partial charge in [0.15, 0.2) is 0 Å². The van der Waals surface area contributed by atoms with Gasteiger partial charge in [-0.25, -0.2) is 0 Å². The van der Waals surface area contributed by atoms with Gasteiger partial charge in [0.1, 0.15) is 0 Å². The van der Waals surface area contributed by atoms with Gasteiger partial charge in [0.05, 0.1) is 5.52 Å². The molecule has 0 saturated carbocycles. The van der Waals surface area contributed by atoms with Crippen LogP contribution in [0.5, 0.6) is 0 Å². The lowest BCUT2D eigenvalue weighted by Crippen LogP contribution is -2.43. The fourth-order valence-corrected chi connectivity index (χ4v) is 3.13. The van der Waals surface area contributed by atoms with Crippen molar-refractivity contribution in [2.45, 2.75) is 18.9 Å². The van der Waals surface area contributed by atoms with Crippen molar-refractivity contribution in [1.29, 1.82) is 0 Å². The number of para-hydroxylation sites is 1. The van der Waals surface area contributed by atoms with Crippen molar-refractivity contribution in [2.24, 2.45) is 0 Å². The van der Waals surface area contributed by atoms with Crippen LogP contribution in [0.1, 0.15) is 18.4 Å². The third-order valence-electron chi connectivity index (χ3n) is 4.59. The SMILES string of the molecule is CN(C)C1CCN(C(=O)/C=C/c2ccnc3ccccc23)CC1. The molecule has 1 fully saturated rings. The van der Waals surface area contributed by atoms with Gasteiger partial charge < -0.3 is 9.80 Å². The molecule has 0 unspecified atom stereocenters. The Balaban J connectivity index is 1.69. The number of fused-ring (bicyclic) bond motifs is 1. The summed E-state index contributed by atoms with van der Waals surface area (Å²) in [6, 6.07) is 10.5. The van der Waals surface area contributed by atoms with E-state index in [2.05, 4.69) is 24.0 Å². The molecule has 0 spiro atoms. The molecule has 120 valence electrons.